The molecule has 2 fully saturated rings. The molecule has 0 unspecified atom stereocenters. The van der Waals surface area contributed by atoms with Gasteiger partial charge >= 0.3 is 18.4 Å². The number of rotatable bonds is 7. The third kappa shape index (κ3) is 9.98. The molecule has 0 bridgehead atoms. The average Bonchev–Trinajstić information content (AvgIpc) is 3.56. The van der Waals surface area contributed by atoms with Crippen molar-refractivity contribution in [1.29, 1.82) is 0 Å². The van der Waals surface area contributed by atoms with E-state index in [0.717, 1.165) is 0 Å². The maximum absolute atomic E-state index is 14.1. The van der Waals surface area contributed by atoms with Crippen LogP contribution >= 0.6 is 0 Å². The third-order valence-electron chi connectivity index (χ3n) is 8.07. The van der Waals surface area contributed by atoms with Crippen molar-refractivity contribution in [3.8, 4) is 0 Å². The van der Waals surface area contributed by atoms with E-state index in [1.165, 1.54) is 29.6 Å². The number of alkyl halides is 4. The van der Waals surface area contributed by atoms with Gasteiger partial charge in [0.05, 0.1) is 29.5 Å². The molecule has 0 saturated carbocycles. The number of likely N-dealkylation sites (tertiary alicyclic amines) is 1. The van der Waals surface area contributed by atoms with Crippen molar-refractivity contribution in [2.45, 2.75) is 90.5 Å². The van der Waals surface area contributed by atoms with Crippen molar-refractivity contribution in [3.63, 3.8) is 0 Å². The van der Waals surface area contributed by atoms with Gasteiger partial charge in [-0.2, -0.15) is 13.2 Å². The van der Waals surface area contributed by atoms with E-state index in [0.29, 0.717) is 25.1 Å². The predicted octanol–water partition coefficient (Wildman–Crippen LogP) is 6.65. The fraction of sp³-hybridized carbons (Fsp3) is 0.559. The van der Waals surface area contributed by atoms with Gasteiger partial charge in [0, 0.05) is 45.1 Å². The number of halogens is 4. The van der Waals surface area contributed by atoms with Gasteiger partial charge in [-0.3, -0.25) is 25.0 Å². The van der Waals surface area contributed by atoms with E-state index in [4.69, 9.17) is 13.9 Å². The van der Waals surface area contributed by atoms with Crippen LogP contribution in [0, 0.1) is 5.92 Å². The summed E-state index contributed by atoms with van der Waals surface area (Å²) in [5.41, 5.74) is -0.691. The Morgan fingerprint density at radius 1 is 0.980 bits per heavy atom. The number of carbonyl (C=O) groups is 3. The van der Waals surface area contributed by atoms with Gasteiger partial charge in [-0.15, -0.1) is 0 Å². The maximum Gasteiger partial charge on any atom is 0.414 e. The summed E-state index contributed by atoms with van der Waals surface area (Å²) in [5.74, 6) is -2.88. The highest BCUT2D eigenvalue weighted by atomic mass is 19.4. The molecule has 0 aromatic carbocycles. The van der Waals surface area contributed by atoms with Crippen LogP contribution in [0.1, 0.15) is 70.3 Å². The summed E-state index contributed by atoms with van der Waals surface area (Å²) in [7, 11) is 0. The minimum Gasteiger partial charge on any atom is -0.444 e. The second kappa shape index (κ2) is 14.5. The van der Waals surface area contributed by atoms with Crippen LogP contribution in [0.5, 0.6) is 0 Å². The normalized spacial score (nSPS) is 20.3. The quantitative estimate of drug-likeness (QED) is 0.226. The maximum atomic E-state index is 14.1. The van der Waals surface area contributed by atoms with Crippen molar-refractivity contribution in [1.82, 2.24) is 20.2 Å². The highest BCUT2D eigenvalue weighted by molar-refractivity contribution is 6.16. The molecular weight excluding hydrogens is 678 g/mol. The lowest BCUT2D eigenvalue weighted by molar-refractivity contribution is -0.177. The smallest absolute Gasteiger partial charge is 0.414 e. The molecule has 3 atom stereocenters. The van der Waals surface area contributed by atoms with E-state index < -0.39 is 60.1 Å². The number of hydrogen-bond donors (Lipinski definition) is 3. The number of amides is 3. The number of pyridine rings is 2. The molecule has 3 aromatic rings. The lowest BCUT2D eigenvalue weighted by Crippen LogP contribution is -2.54. The number of nitrogens with one attached hydrogen (secondary N) is 3. The summed E-state index contributed by atoms with van der Waals surface area (Å²) in [6.07, 6.45) is -3.01. The van der Waals surface area contributed by atoms with E-state index in [2.05, 4.69) is 25.9 Å². The largest absolute Gasteiger partial charge is 0.444 e. The number of hydrogen-bond acceptors (Lipinski definition) is 10. The van der Waals surface area contributed by atoms with Gasteiger partial charge in [-0.25, -0.2) is 14.0 Å². The van der Waals surface area contributed by atoms with Crippen LogP contribution in [-0.4, -0.2) is 88.7 Å². The van der Waals surface area contributed by atoms with E-state index >= 15 is 0 Å². The summed E-state index contributed by atoms with van der Waals surface area (Å²) >= 11 is 0. The Kier molecular flexibility index (Phi) is 10.7. The molecule has 0 spiro atoms. The zero-order chi connectivity index (χ0) is 37.3. The fourth-order valence-corrected chi connectivity index (χ4v) is 6.04. The van der Waals surface area contributed by atoms with Gasteiger partial charge in [0.1, 0.15) is 28.5 Å². The number of furan rings is 1. The Morgan fingerprint density at radius 3 is 2.33 bits per heavy atom. The standard InChI is InChI=1S/C34H43F4N7O6/c1-32(2,3)50-30(47)41-22-12-20(34(36,37)38)16-45(18-22)24-7-9-39-14-23(24)42-28(46)26-27-25(49-29(26)43-31(48)51-33(4,5)6)11-19(13-40-27)15-44-10-8-21(35)17-44/h7,9,11,13-14,20-22H,8,10,12,15-18H2,1-6H3,(H,41,47)(H,42,46)(H,43,48)/t20-,21+,22+/m1/s1. The highest BCUT2D eigenvalue weighted by Crippen LogP contribution is 2.38. The van der Waals surface area contributed by atoms with Crippen LogP contribution in [0.2, 0.25) is 0 Å². The zero-order valence-electron chi connectivity index (χ0n) is 29.3. The fourth-order valence-electron chi connectivity index (χ4n) is 6.04. The Bertz CT molecular complexity index is 1750. The first-order valence-corrected chi connectivity index (χ1v) is 16.6. The van der Waals surface area contributed by atoms with E-state index in [1.54, 1.807) is 47.6 Å². The van der Waals surface area contributed by atoms with E-state index in [9.17, 15) is 31.9 Å². The average molecular weight is 722 g/mol. The molecular formula is C34H43F4N7O6. The van der Waals surface area contributed by atoms with Crippen molar-refractivity contribution in [2.75, 3.05) is 41.7 Å². The first-order chi connectivity index (χ1) is 23.7. The molecule has 3 N–H and O–H groups in total. The number of aromatic nitrogens is 2. The topological polar surface area (TPSA) is 151 Å². The number of anilines is 3. The van der Waals surface area contributed by atoms with Gasteiger partial charge in [0.25, 0.3) is 5.91 Å². The van der Waals surface area contributed by atoms with Crippen LogP contribution in [0.25, 0.3) is 11.1 Å². The molecule has 0 radical (unpaired) electrons. The van der Waals surface area contributed by atoms with Gasteiger partial charge in [0.15, 0.2) is 5.58 Å². The lowest BCUT2D eigenvalue weighted by Gasteiger charge is -2.40. The van der Waals surface area contributed by atoms with Crippen LogP contribution in [-0.2, 0) is 16.0 Å². The number of nitrogens with zero attached hydrogens (tertiary/aromatic N) is 4. The van der Waals surface area contributed by atoms with E-state index in [1.807, 2.05) is 4.90 Å². The summed E-state index contributed by atoms with van der Waals surface area (Å²) in [5, 5.41) is 7.73. The Hall–Kier alpha value is -4.67. The predicted molar refractivity (Wildman–Crippen MR) is 180 cm³/mol. The number of ether oxygens (including phenoxy) is 2. The molecule has 0 aliphatic carbocycles. The first-order valence-electron chi connectivity index (χ1n) is 16.6. The minimum absolute atomic E-state index is 0.0245. The summed E-state index contributed by atoms with van der Waals surface area (Å²) in [6, 6.07) is 2.16. The molecule has 3 amide bonds. The molecule has 17 heteroatoms. The number of alkyl carbamates (subject to hydrolysis) is 1. The summed E-state index contributed by atoms with van der Waals surface area (Å²) in [6.45, 7) is 10.7. The number of piperidine rings is 1. The second-order valence-electron chi connectivity index (χ2n) is 14.8. The number of fused-ring (bicyclic) bond motifs is 1. The SMILES string of the molecule is CC(C)(C)OC(=O)Nc1oc2cc(CN3CC[C@H](F)C3)cnc2c1C(=O)Nc1cnccc1N1C[C@@H](NC(=O)OC(C)(C)C)C[C@@H](C(F)(F)F)C1. The molecule has 278 valence electrons. The van der Waals surface area contributed by atoms with Gasteiger partial charge in [-0.05, 0) is 72.1 Å². The summed E-state index contributed by atoms with van der Waals surface area (Å²) < 4.78 is 72.7. The van der Waals surface area contributed by atoms with Crippen LogP contribution in [0.4, 0.5) is 44.4 Å². The Morgan fingerprint density at radius 2 is 1.69 bits per heavy atom. The Balaban J connectivity index is 1.44. The molecule has 5 heterocycles. The third-order valence-corrected chi connectivity index (χ3v) is 8.07. The van der Waals surface area contributed by atoms with Crippen molar-refractivity contribution < 1.29 is 45.8 Å². The van der Waals surface area contributed by atoms with Crippen LogP contribution < -0.4 is 20.9 Å². The van der Waals surface area contributed by atoms with Crippen LogP contribution in [0.3, 0.4) is 0 Å². The molecule has 2 saturated heterocycles. The number of carbonyl (C=O) groups excluding carboxylic acids is 3. The van der Waals surface area contributed by atoms with Crippen molar-refractivity contribution in [3.05, 3.63) is 41.9 Å². The minimum atomic E-state index is -4.58. The van der Waals surface area contributed by atoms with Gasteiger partial charge in [0.2, 0.25) is 5.88 Å². The highest BCUT2D eigenvalue weighted by Gasteiger charge is 2.45. The molecule has 51 heavy (non-hydrogen) atoms. The second-order valence-corrected chi connectivity index (χ2v) is 14.8. The molecule has 5 rings (SSSR count). The Labute approximate surface area is 292 Å². The van der Waals surface area contributed by atoms with Crippen molar-refractivity contribution >= 4 is 46.5 Å². The molecule has 2 aliphatic heterocycles. The first kappa shape index (κ1) is 37.6. The van der Waals surface area contributed by atoms with Crippen molar-refractivity contribution in [2.24, 2.45) is 5.92 Å². The zero-order valence-corrected chi connectivity index (χ0v) is 29.3. The molecule has 3 aromatic heterocycles. The van der Waals surface area contributed by atoms with Gasteiger partial charge in [-0.1, -0.05) is 0 Å². The molecule has 2 aliphatic rings. The lowest BCUT2D eigenvalue weighted by atomic mass is 9.93. The van der Waals surface area contributed by atoms with Crippen LogP contribution in [0.15, 0.2) is 35.1 Å². The van der Waals surface area contributed by atoms with Gasteiger partial charge < -0.3 is 29.4 Å². The van der Waals surface area contributed by atoms with E-state index in [-0.39, 0.29) is 53.4 Å². The summed E-state index contributed by atoms with van der Waals surface area (Å²) in [4.78, 5) is 51.2. The monoisotopic (exact) mass is 721 g/mol. The molecule has 13 nitrogen and oxygen atoms in total.